The second-order valence-corrected chi connectivity index (χ2v) is 6.08. The molecule has 0 aliphatic carbocycles. The minimum atomic E-state index is -0.559. The molecule has 0 fully saturated rings. The molecule has 3 aromatic heterocycles. The molecule has 6 nitrogen and oxygen atoms in total. The molecule has 0 amide bonds. The largest absolute Gasteiger partial charge is 0.263 e. The number of halogens is 3. The first-order valence-corrected chi connectivity index (χ1v) is 7.59. The first-order chi connectivity index (χ1) is 11.0. The summed E-state index contributed by atoms with van der Waals surface area (Å²) in [6, 6.07) is 3.21. The average molecular weight is 353 g/mol. The zero-order chi connectivity index (χ0) is 16.1. The highest BCUT2D eigenvalue weighted by atomic mass is 35.5. The van der Waals surface area contributed by atoms with E-state index in [1.807, 2.05) is 0 Å². The Morgan fingerprint density at radius 3 is 2.78 bits per heavy atom. The van der Waals surface area contributed by atoms with Crippen LogP contribution < -0.4 is 0 Å². The highest BCUT2D eigenvalue weighted by Gasteiger charge is 2.20. The number of hydrogen-bond acceptors (Lipinski definition) is 5. The van der Waals surface area contributed by atoms with Crippen molar-refractivity contribution in [1.29, 1.82) is 0 Å². The maximum absolute atomic E-state index is 13.9. The molecular formula is C13H7ClF2N6S. The molecule has 0 radical (unpaired) electrons. The summed E-state index contributed by atoms with van der Waals surface area (Å²) in [7, 11) is 1.71. The van der Waals surface area contributed by atoms with Gasteiger partial charge in [-0.3, -0.25) is 4.68 Å². The van der Waals surface area contributed by atoms with Crippen LogP contribution in [-0.2, 0) is 7.05 Å². The van der Waals surface area contributed by atoms with Crippen molar-refractivity contribution in [3.63, 3.8) is 0 Å². The third-order valence-corrected chi connectivity index (χ3v) is 4.46. The summed E-state index contributed by atoms with van der Waals surface area (Å²) in [4.78, 5) is 0.441. The van der Waals surface area contributed by atoms with E-state index in [-0.39, 0.29) is 5.56 Å². The number of aromatic nitrogens is 6. The van der Waals surface area contributed by atoms with Crippen LogP contribution in [0.15, 0.2) is 24.4 Å². The van der Waals surface area contributed by atoms with Gasteiger partial charge >= 0.3 is 0 Å². The van der Waals surface area contributed by atoms with Crippen LogP contribution in [0.5, 0.6) is 0 Å². The van der Waals surface area contributed by atoms with Gasteiger partial charge in [-0.05, 0) is 18.2 Å². The molecule has 0 N–H and O–H groups in total. The Bertz CT molecular complexity index is 1020. The van der Waals surface area contributed by atoms with Crippen molar-refractivity contribution in [2.75, 3.05) is 0 Å². The van der Waals surface area contributed by atoms with E-state index in [1.54, 1.807) is 11.7 Å². The molecule has 1 aromatic carbocycles. The first-order valence-electron chi connectivity index (χ1n) is 6.40. The van der Waals surface area contributed by atoms with Crippen molar-refractivity contribution in [3.05, 3.63) is 41.1 Å². The molecule has 0 bridgehead atoms. The fourth-order valence-corrected chi connectivity index (χ4v) is 3.30. The Morgan fingerprint density at radius 2 is 2.04 bits per heavy atom. The van der Waals surface area contributed by atoms with Crippen molar-refractivity contribution < 1.29 is 8.78 Å². The van der Waals surface area contributed by atoms with Crippen LogP contribution in [0.3, 0.4) is 0 Å². The van der Waals surface area contributed by atoms with E-state index in [0.717, 1.165) is 29.5 Å². The quantitative estimate of drug-likeness (QED) is 0.556. The van der Waals surface area contributed by atoms with E-state index < -0.39 is 11.6 Å². The normalized spacial score (nSPS) is 11.5. The molecule has 4 rings (SSSR count). The van der Waals surface area contributed by atoms with Gasteiger partial charge in [-0.25, -0.2) is 8.78 Å². The maximum atomic E-state index is 13.9. The van der Waals surface area contributed by atoms with Gasteiger partial charge in [-0.15, -0.1) is 10.2 Å². The van der Waals surface area contributed by atoms with Crippen LogP contribution in [0, 0.1) is 11.6 Å². The number of aryl methyl sites for hydroxylation is 1. The molecule has 0 aliphatic heterocycles. The summed E-state index contributed by atoms with van der Waals surface area (Å²) in [6.07, 6.45) is 1.48. The van der Waals surface area contributed by atoms with Gasteiger partial charge in [0, 0.05) is 7.05 Å². The Balaban J connectivity index is 1.92. The smallest absolute Gasteiger partial charge is 0.235 e. The van der Waals surface area contributed by atoms with Gasteiger partial charge < -0.3 is 0 Å². The second-order valence-electron chi connectivity index (χ2n) is 4.71. The third kappa shape index (κ3) is 2.20. The summed E-state index contributed by atoms with van der Waals surface area (Å²) in [5.41, 5.74) is 0.610. The monoisotopic (exact) mass is 352 g/mol. The van der Waals surface area contributed by atoms with E-state index >= 15 is 0 Å². The number of nitrogens with zero attached hydrogens (tertiary/aromatic N) is 6. The van der Waals surface area contributed by atoms with Crippen molar-refractivity contribution >= 4 is 27.9 Å². The van der Waals surface area contributed by atoms with Gasteiger partial charge in [0.05, 0.1) is 16.8 Å². The summed E-state index contributed by atoms with van der Waals surface area (Å²) in [5, 5.41) is 17.1. The van der Waals surface area contributed by atoms with E-state index in [9.17, 15) is 8.78 Å². The number of hydrogen-bond donors (Lipinski definition) is 0. The van der Waals surface area contributed by atoms with Gasteiger partial charge in [-0.1, -0.05) is 22.9 Å². The summed E-state index contributed by atoms with van der Waals surface area (Å²) < 4.78 is 30.3. The lowest BCUT2D eigenvalue weighted by molar-refractivity contribution is 0.603. The summed E-state index contributed by atoms with van der Waals surface area (Å²) >= 11 is 7.21. The maximum Gasteiger partial charge on any atom is 0.235 e. The Hall–Kier alpha value is -2.39. The van der Waals surface area contributed by atoms with Crippen LogP contribution in [0.4, 0.5) is 8.78 Å². The van der Waals surface area contributed by atoms with Gasteiger partial charge in [0.15, 0.2) is 5.01 Å². The Labute approximate surface area is 137 Å². The van der Waals surface area contributed by atoms with Crippen LogP contribution >= 0.6 is 22.9 Å². The van der Waals surface area contributed by atoms with E-state index in [4.69, 9.17) is 11.6 Å². The predicted molar refractivity (Wildman–Crippen MR) is 81.2 cm³/mol. The minimum absolute atomic E-state index is 0.0718. The minimum Gasteiger partial charge on any atom is -0.263 e. The van der Waals surface area contributed by atoms with Crippen molar-refractivity contribution in [2.24, 2.45) is 7.05 Å². The summed E-state index contributed by atoms with van der Waals surface area (Å²) in [5.74, 6) is -0.719. The molecule has 4 aromatic rings. The second kappa shape index (κ2) is 5.07. The molecule has 0 spiro atoms. The fourth-order valence-electron chi connectivity index (χ4n) is 2.20. The lowest BCUT2D eigenvalue weighted by atomic mass is 10.2. The van der Waals surface area contributed by atoms with Gasteiger partial charge in [-0.2, -0.15) is 14.7 Å². The number of rotatable bonds is 2. The predicted octanol–water partition coefficient (Wildman–Crippen LogP) is 3.18. The number of benzene rings is 1. The van der Waals surface area contributed by atoms with Gasteiger partial charge in [0.1, 0.15) is 17.3 Å². The topological polar surface area (TPSA) is 60.9 Å². The van der Waals surface area contributed by atoms with Crippen molar-refractivity contribution in [2.45, 2.75) is 0 Å². The Morgan fingerprint density at radius 1 is 1.22 bits per heavy atom. The van der Waals surface area contributed by atoms with Gasteiger partial charge in [0.25, 0.3) is 0 Å². The molecule has 0 saturated carbocycles. The third-order valence-electron chi connectivity index (χ3n) is 3.26. The lowest BCUT2D eigenvalue weighted by Crippen LogP contribution is -1.99. The molecule has 10 heteroatoms. The van der Waals surface area contributed by atoms with E-state index in [2.05, 4.69) is 20.4 Å². The lowest BCUT2D eigenvalue weighted by Gasteiger charge is -1.99. The van der Waals surface area contributed by atoms with Crippen LogP contribution in [0.25, 0.3) is 27.1 Å². The SMILES string of the molecule is Cn1ncc(Cl)c1-c1nnc2sc(-c3cc(F)ccc3F)nn12. The highest BCUT2D eigenvalue weighted by molar-refractivity contribution is 7.19. The summed E-state index contributed by atoms with van der Waals surface area (Å²) in [6.45, 7) is 0. The average Bonchev–Trinajstić information content (AvgIpc) is 3.17. The standard InChI is InChI=1S/C13H7ClF2N6S/c1-21-10(8(14)5-17-21)11-18-19-13-22(11)20-12(23-13)7-4-6(15)2-3-9(7)16/h2-5H,1H3. The molecule has 3 heterocycles. The fraction of sp³-hybridized carbons (Fsp3) is 0.0769. The molecular weight excluding hydrogens is 346 g/mol. The Kier molecular flexibility index (Phi) is 3.13. The van der Waals surface area contributed by atoms with Crippen LogP contribution in [0.1, 0.15) is 0 Å². The molecule has 23 heavy (non-hydrogen) atoms. The van der Waals surface area contributed by atoms with E-state index in [0.29, 0.717) is 26.5 Å². The van der Waals surface area contributed by atoms with E-state index in [1.165, 1.54) is 10.7 Å². The molecule has 0 saturated heterocycles. The molecule has 0 aliphatic rings. The molecule has 116 valence electrons. The number of fused-ring (bicyclic) bond motifs is 1. The molecule has 0 atom stereocenters. The van der Waals surface area contributed by atoms with Crippen molar-refractivity contribution in [3.8, 4) is 22.1 Å². The van der Waals surface area contributed by atoms with Crippen molar-refractivity contribution in [1.82, 2.24) is 29.6 Å². The zero-order valence-electron chi connectivity index (χ0n) is 11.5. The van der Waals surface area contributed by atoms with Gasteiger partial charge in [0.2, 0.25) is 10.8 Å². The van der Waals surface area contributed by atoms with Crippen LogP contribution in [-0.4, -0.2) is 29.6 Å². The van der Waals surface area contributed by atoms with Crippen LogP contribution in [0.2, 0.25) is 5.02 Å². The molecule has 0 unspecified atom stereocenters. The highest BCUT2D eigenvalue weighted by Crippen LogP contribution is 2.31. The first kappa shape index (κ1) is 14.2. The zero-order valence-corrected chi connectivity index (χ0v) is 13.1.